The number of hydrogen-bond donors (Lipinski definition) is 2. The molecule has 2 N–H and O–H groups in total. The molecule has 0 aliphatic rings. The highest BCUT2D eigenvalue weighted by Gasteiger charge is 2.06. The first-order valence-corrected chi connectivity index (χ1v) is 7.85. The third kappa shape index (κ3) is 4.11. The van der Waals surface area contributed by atoms with E-state index in [9.17, 15) is 10.2 Å². The van der Waals surface area contributed by atoms with Crippen LogP contribution in [0.3, 0.4) is 0 Å². The Hall–Kier alpha value is -3.41. The van der Waals surface area contributed by atoms with Gasteiger partial charge in [-0.3, -0.25) is 9.98 Å². The maximum Gasteiger partial charge on any atom is 0.149 e. The fourth-order valence-electron chi connectivity index (χ4n) is 2.29. The van der Waals surface area contributed by atoms with Crippen LogP contribution in [0, 0.1) is 0 Å². The van der Waals surface area contributed by atoms with Crippen molar-refractivity contribution in [2.45, 2.75) is 0 Å². The lowest BCUT2D eigenvalue weighted by Crippen LogP contribution is -1.97. The average molecular weight is 334 g/mol. The van der Waals surface area contributed by atoms with Crippen LogP contribution in [0.4, 0.5) is 0 Å². The van der Waals surface area contributed by atoms with Gasteiger partial charge in [-0.1, -0.05) is 18.2 Å². The Balaban J connectivity index is 1.60. The van der Waals surface area contributed by atoms with Gasteiger partial charge in [0.25, 0.3) is 0 Å². The number of nitrogens with zero attached hydrogens (tertiary/aromatic N) is 4. The molecule has 3 rings (SSSR count). The summed E-state index contributed by atoms with van der Waals surface area (Å²) in [7, 11) is 0. The van der Waals surface area contributed by atoms with Gasteiger partial charge in [0.05, 0.1) is 13.1 Å². The molecule has 126 valence electrons. The molecule has 0 unspecified atom stereocenters. The number of hydrogen-bond acceptors (Lipinski definition) is 5. The zero-order valence-corrected chi connectivity index (χ0v) is 13.5. The van der Waals surface area contributed by atoms with Crippen molar-refractivity contribution in [3.8, 4) is 17.2 Å². The molecule has 0 saturated heterocycles. The van der Waals surface area contributed by atoms with E-state index in [1.54, 1.807) is 65.9 Å². The Morgan fingerprint density at radius 1 is 0.880 bits per heavy atom. The largest absolute Gasteiger partial charge is 0.507 e. The number of aromatic hydroxyl groups is 2. The predicted molar refractivity (Wildman–Crippen MR) is 98.3 cm³/mol. The number of benzene rings is 2. The summed E-state index contributed by atoms with van der Waals surface area (Å²) in [6, 6.07) is 14.2. The van der Waals surface area contributed by atoms with Gasteiger partial charge in [-0.05, 0) is 30.3 Å². The van der Waals surface area contributed by atoms with Crippen LogP contribution in [0.1, 0.15) is 11.1 Å². The van der Waals surface area contributed by atoms with Crippen molar-refractivity contribution in [1.29, 1.82) is 0 Å². The van der Waals surface area contributed by atoms with Crippen LogP contribution in [0.5, 0.6) is 11.5 Å². The van der Waals surface area contributed by atoms with Crippen molar-refractivity contribution in [2.75, 3.05) is 13.1 Å². The highest BCUT2D eigenvalue weighted by molar-refractivity contribution is 5.85. The van der Waals surface area contributed by atoms with Crippen LogP contribution in [0.25, 0.3) is 5.69 Å². The number of phenols is 2. The summed E-state index contributed by atoms with van der Waals surface area (Å²) in [5.74, 6) is 0.336. The Morgan fingerprint density at radius 2 is 1.60 bits per heavy atom. The van der Waals surface area contributed by atoms with Crippen molar-refractivity contribution < 1.29 is 10.2 Å². The molecule has 0 amide bonds. The second-order valence-corrected chi connectivity index (χ2v) is 5.29. The molecule has 0 atom stereocenters. The Labute approximate surface area is 145 Å². The molecule has 1 aromatic heterocycles. The lowest BCUT2D eigenvalue weighted by atomic mass is 10.2. The Kier molecular flexibility index (Phi) is 5.21. The standard InChI is InChI=1S/C19H18N4O2/c24-18-8-2-1-5-15(18)13-20-10-11-21-14-16-6-3-7-17(19(16)25)23-12-4-9-22-23/h1-9,12-14,24-25H,10-11H2. The van der Waals surface area contributed by atoms with Crippen LogP contribution >= 0.6 is 0 Å². The lowest BCUT2D eigenvalue weighted by molar-refractivity contribution is 0.469. The molecule has 0 aliphatic carbocycles. The van der Waals surface area contributed by atoms with Crippen LogP contribution in [-0.4, -0.2) is 45.5 Å². The predicted octanol–water partition coefficient (Wildman–Crippen LogP) is 2.82. The summed E-state index contributed by atoms with van der Waals surface area (Å²) in [5, 5.41) is 24.1. The zero-order chi connectivity index (χ0) is 17.5. The minimum absolute atomic E-state index is 0.132. The third-order valence-electron chi connectivity index (χ3n) is 3.55. The van der Waals surface area contributed by atoms with Gasteiger partial charge in [0, 0.05) is 35.9 Å². The van der Waals surface area contributed by atoms with Crippen molar-refractivity contribution in [3.63, 3.8) is 0 Å². The Morgan fingerprint density at radius 3 is 2.32 bits per heavy atom. The van der Waals surface area contributed by atoms with Crippen molar-refractivity contribution in [2.24, 2.45) is 9.98 Å². The van der Waals surface area contributed by atoms with Gasteiger partial charge in [-0.2, -0.15) is 5.10 Å². The van der Waals surface area contributed by atoms with E-state index in [1.165, 1.54) is 0 Å². The molecular weight excluding hydrogens is 316 g/mol. The van der Waals surface area contributed by atoms with Crippen LogP contribution < -0.4 is 0 Å². The quantitative estimate of drug-likeness (QED) is 0.537. The minimum Gasteiger partial charge on any atom is -0.507 e. The summed E-state index contributed by atoms with van der Waals surface area (Å²) >= 11 is 0. The highest BCUT2D eigenvalue weighted by atomic mass is 16.3. The fourth-order valence-corrected chi connectivity index (χ4v) is 2.29. The molecule has 3 aromatic rings. The second kappa shape index (κ2) is 7.92. The van der Waals surface area contributed by atoms with E-state index in [2.05, 4.69) is 15.1 Å². The van der Waals surface area contributed by atoms with E-state index < -0.39 is 0 Å². The third-order valence-corrected chi connectivity index (χ3v) is 3.55. The molecule has 0 fully saturated rings. The molecule has 0 bridgehead atoms. The van der Waals surface area contributed by atoms with E-state index in [4.69, 9.17) is 0 Å². The topological polar surface area (TPSA) is 83.0 Å². The van der Waals surface area contributed by atoms with Gasteiger partial charge >= 0.3 is 0 Å². The molecular formula is C19H18N4O2. The summed E-state index contributed by atoms with van der Waals surface area (Å²) in [5.41, 5.74) is 1.90. The Bertz CT molecular complexity index is 886. The zero-order valence-electron chi connectivity index (χ0n) is 13.5. The summed E-state index contributed by atoms with van der Waals surface area (Å²) in [4.78, 5) is 8.53. The molecule has 6 heteroatoms. The molecule has 0 aliphatic heterocycles. The molecule has 6 nitrogen and oxygen atoms in total. The highest BCUT2D eigenvalue weighted by Crippen LogP contribution is 2.24. The first-order valence-electron chi connectivity index (χ1n) is 7.85. The van der Waals surface area contributed by atoms with Crippen molar-refractivity contribution >= 4 is 12.4 Å². The molecule has 2 aromatic carbocycles. The number of para-hydroxylation sites is 2. The van der Waals surface area contributed by atoms with E-state index in [-0.39, 0.29) is 11.5 Å². The first-order chi connectivity index (χ1) is 12.3. The molecule has 0 saturated carbocycles. The number of phenolic OH excluding ortho intramolecular Hbond substituents is 2. The summed E-state index contributed by atoms with van der Waals surface area (Å²) in [6.07, 6.45) is 6.67. The van der Waals surface area contributed by atoms with Crippen molar-refractivity contribution in [1.82, 2.24) is 9.78 Å². The SMILES string of the molecule is Oc1ccccc1C=NCCN=Cc1cccc(-n2cccn2)c1O. The van der Waals surface area contributed by atoms with E-state index in [0.29, 0.717) is 29.9 Å². The summed E-state index contributed by atoms with van der Waals surface area (Å²) in [6.45, 7) is 0.972. The lowest BCUT2D eigenvalue weighted by Gasteiger charge is -2.06. The number of rotatable bonds is 6. The molecule has 0 radical (unpaired) electrons. The normalized spacial score (nSPS) is 11.5. The molecule has 1 heterocycles. The van der Waals surface area contributed by atoms with Gasteiger partial charge in [0.2, 0.25) is 0 Å². The molecule has 25 heavy (non-hydrogen) atoms. The van der Waals surface area contributed by atoms with E-state index >= 15 is 0 Å². The first kappa shape index (κ1) is 16.4. The van der Waals surface area contributed by atoms with Crippen LogP contribution in [0.15, 0.2) is 70.9 Å². The van der Waals surface area contributed by atoms with Gasteiger partial charge in [-0.25, -0.2) is 4.68 Å². The molecule has 0 spiro atoms. The van der Waals surface area contributed by atoms with Crippen LogP contribution in [0.2, 0.25) is 0 Å². The maximum absolute atomic E-state index is 10.3. The average Bonchev–Trinajstić information content (AvgIpc) is 3.15. The fraction of sp³-hybridized carbons (Fsp3) is 0.105. The van der Waals surface area contributed by atoms with E-state index in [0.717, 1.165) is 0 Å². The van der Waals surface area contributed by atoms with Crippen molar-refractivity contribution in [3.05, 3.63) is 72.1 Å². The number of aliphatic imine (C=N–C) groups is 2. The smallest absolute Gasteiger partial charge is 0.149 e. The second-order valence-electron chi connectivity index (χ2n) is 5.29. The van der Waals surface area contributed by atoms with Crippen LogP contribution in [-0.2, 0) is 0 Å². The summed E-state index contributed by atoms with van der Waals surface area (Å²) < 4.78 is 1.60. The van der Waals surface area contributed by atoms with Gasteiger partial charge in [0.15, 0.2) is 0 Å². The maximum atomic E-state index is 10.3. The monoisotopic (exact) mass is 334 g/mol. The van der Waals surface area contributed by atoms with Gasteiger partial charge in [0.1, 0.15) is 17.2 Å². The van der Waals surface area contributed by atoms with Gasteiger partial charge < -0.3 is 10.2 Å². The van der Waals surface area contributed by atoms with E-state index in [1.807, 2.05) is 12.1 Å². The number of aromatic nitrogens is 2. The minimum atomic E-state index is 0.132. The van der Waals surface area contributed by atoms with Gasteiger partial charge in [-0.15, -0.1) is 0 Å².